The number of nitrogens with one attached hydrogen (secondary N) is 1. The Labute approximate surface area is 176 Å². The Kier molecular flexibility index (Phi) is 6.28. The fourth-order valence-corrected chi connectivity index (χ4v) is 3.15. The zero-order valence-corrected chi connectivity index (χ0v) is 17.8. The van der Waals surface area contributed by atoms with Crippen LogP contribution in [0.1, 0.15) is 54.1 Å². The molecule has 3 rings (SSSR count). The number of halogens is 1. The highest BCUT2D eigenvalue weighted by atomic mass is 35.5. The molecule has 1 amide bonds. The lowest BCUT2D eigenvalue weighted by atomic mass is 9.87. The molecule has 152 valence electrons. The van der Waals surface area contributed by atoms with Crippen LogP contribution >= 0.6 is 11.6 Å². The molecule has 0 aliphatic heterocycles. The van der Waals surface area contributed by atoms with Crippen molar-refractivity contribution in [3.05, 3.63) is 82.2 Å². The van der Waals surface area contributed by atoms with Crippen molar-refractivity contribution in [2.75, 3.05) is 6.61 Å². The van der Waals surface area contributed by atoms with Gasteiger partial charge in [-0.1, -0.05) is 73.9 Å². The zero-order valence-electron chi connectivity index (χ0n) is 17.0. The third-order valence-corrected chi connectivity index (χ3v) is 5.00. The van der Waals surface area contributed by atoms with Crippen LogP contribution in [0.4, 0.5) is 0 Å². The summed E-state index contributed by atoms with van der Waals surface area (Å²) in [7, 11) is 0. The van der Waals surface area contributed by atoms with Crippen molar-refractivity contribution >= 4 is 17.5 Å². The van der Waals surface area contributed by atoms with Crippen molar-refractivity contribution in [3.8, 4) is 5.75 Å². The van der Waals surface area contributed by atoms with Gasteiger partial charge in [0.25, 0.3) is 5.91 Å². The summed E-state index contributed by atoms with van der Waals surface area (Å²) in [4.78, 5) is 12.7. The van der Waals surface area contributed by atoms with Gasteiger partial charge in [-0.3, -0.25) is 4.79 Å². The summed E-state index contributed by atoms with van der Waals surface area (Å²) in [5.74, 6) is 0.780. The van der Waals surface area contributed by atoms with Crippen molar-refractivity contribution in [1.82, 2.24) is 10.5 Å². The Bertz CT molecular complexity index is 977. The molecule has 0 saturated heterocycles. The van der Waals surface area contributed by atoms with Gasteiger partial charge in [-0.05, 0) is 35.6 Å². The van der Waals surface area contributed by atoms with Crippen LogP contribution in [0.2, 0.25) is 5.02 Å². The van der Waals surface area contributed by atoms with Crippen molar-refractivity contribution in [3.63, 3.8) is 0 Å². The van der Waals surface area contributed by atoms with Gasteiger partial charge in [0.05, 0.1) is 17.3 Å². The van der Waals surface area contributed by atoms with Gasteiger partial charge in [0.1, 0.15) is 23.7 Å². The summed E-state index contributed by atoms with van der Waals surface area (Å²) < 4.78 is 11.0. The SMILES string of the molecule is Cc1oncc1C(=O)NC(COc1ccc(C(C)(C)C)cc1Cl)c1ccccc1. The largest absolute Gasteiger partial charge is 0.490 e. The number of aryl methyl sites for hydroxylation is 1. The number of hydrogen-bond donors (Lipinski definition) is 1. The summed E-state index contributed by atoms with van der Waals surface area (Å²) in [6.07, 6.45) is 1.41. The smallest absolute Gasteiger partial charge is 0.257 e. The lowest BCUT2D eigenvalue weighted by Gasteiger charge is -2.22. The minimum Gasteiger partial charge on any atom is -0.490 e. The van der Waals surface area contributed by atoms with Crippen LogP contribution in [-0.2, 0) is 5.41 Å². The summed E-state index contributed by atoms with van der Waals surface area (Å²) >= 11 is 6.44. The normalized spacial score (nSPS) is 12.4. The lowest BCUT2D eigenvalue weighted by molar-refractivity contribution is 0.0919. The second-order valence-electron chi connectivity index (χ2n) is 7.94. The van der Waals surface area contributed by atoms with Crippen LogP contribution < -0.4 is 10.1 Å². The molecule has 0 spiro atoms. The van der Waals surface area contributed by atoms with Gasteiger partial charge in [-0.25, -0.2) is 0 Å². The Morgan fingerprint density at radius 2 is 1.93 bits per heavy atom. The Morgan fingerprint density at radius 1 is 1.21 bits per heavy atom. The monoisotopic (exact) mass is 412 g/mol. The highest BCUT2D eigenvalue weighted by molar-refractivity contribution is 6.32. The minimum atomic E-state index is -0.364. The number of hydrogen-bond acceptors (Lipinski definition) is 4. The maximum Gasteiger partial charge on any atom is 0.257 e. The Balaban J connectivity index is 1.78. The molecule has 0 bridgehead atoms. The van der Waals surface area contributed by atoms with E-state index in [0.717, 1.165) is 11.1 Å². The highest BCUT2D eigenvalue weighted by Gasteiger charge is 2.21. The fourth-order valence-electron chi connectivity index (χ4n) is 2.92. The van der Waals surface area contributed by atoms with E-state index in [4.69, 9.17) is 20.9 Å². The standard InChI is InChI=1S/C23H25ClN2O3/c1-15-18(13-25-29-15)22(27)26-20(16-8-6-5-7-9-16)14-28-21-11-10-17(12-19(21)24)23(2,3)4/h5-13,20H,14H2,1-4H3,(H,26,27). The van der Waals surface area contributed by atoms with E-state index in [9.17, 15) is 4.79 Å². The third-order valence-electron chi connectivity index (χ3n) is 4.71. The second-order valence-corrected chi connectivity index (χ2v) is 8.35. The summed E-state index contributed by atoms with van der Waals surface area (Å²) in [5.41, 5.74) is 2.46. The van der Waals surface area contributed by atoms with E-state index in [0.29, 0.717) is 22.1 Å². The quantitative estimate of drug-likeness (QED) is 0.581. The number of benzene rings is 2. The first-order valence-corrected chi connectivity index (χ1v) is 9.83. The van der Waals surface area contributed by atoms with Crippen molar-refractivity contribution in [1.29, 1.82) is 0 Å². The van der Waals surface area contributed by atoms with Crippen molar-refractivity contribution < 1.29 is 14.1 Å². The van der Waals surface area contributed by atoms with Gasteiger partial charge in [-0.2, -0.15) is 0 Å². The average Bonchev–Trinajstić information content (AvgIpc) is 3.11. The van der Waals surface area contributed by atoms with Crippen LogP contribution in [0, 0.1) is 6.92 Å². The van der Waals surface area contributed by atoms with E-state index < -0.39 is 0 Å². The molecule has 1 unspecified atom stereocenters. The van der Waals surface area contributed by atoms with Crippen LogP contribution in [0.25, 0.3) is 0 Å². The molecular formula is C23H25ClN2O3. The first kappa shape index (κ1) is 20.9. The molecule has 1 atom stereocenters. The predicted molar refractivity (Wildman–Crippen MR) is 114 cm³/mol. The van der Waals surface area contributed by atoms with Gasteiger partial charge in [0.15, 0.2) is 0 Å². The number of carbonyl (C=O) groups excluding carboxylic acids is 1. The van der Waals surface area contributed by atoms with Crippen molar-refractivity contribution in [2.24, 2.45) is 0 Å². The van der Waals surface area contributed by atoms with E-state index in [-0.39, 0.29) is 24.0 Å². The van der Waals surface area contributed by atoms with Gasteiger partial charge >= 0.3 is 0 Å². The number of rotatable bonds is 6. The molecule has 0 aliphatic carbocycles. The van der Waals surface area contributed by atoms with Gasteiger partial charge in [0, 0.05) is 0 Å². The van der Waals surface area contributed by atoms with Gasteiger partial charge < -0.3 is 14.6 Å². The third kappa shape index (κ3) is 5.18. The minimum absolute atomic E-state index is 0.000786. The number of amides is 1. The molecule has 1 heterocycles. The summed E-state index contributed by atoms with van der Waals surface area (Å²) in [5, 5.41) is 7.21. The number of ether oxygens (including phenoxy) is 1. The van der Waals surface area contributed by atoms with E-state index in [1.54, 1.807) is 6.92 Å². The topological polar surface area (TPSA) is 64.4 Å². The average molecular weight is 413 g/mol. The highest BCUT2D eigenvalue weighted by Crippen LogP contribution is 2.31. The molecule has 1 N–H and O–H groups in total. The Morgan fingerprint density at radius 3 is 2.52 bits per heavy atom. The maximum atomic E-state index is 12.7. The van der Waals surface area contributed by atoms with E-state index in [1.165, 1.54) is 6.20 Å². The molecule has 0 saturated carbocycles. The molecule has 3 aromatic rings. The summed E-state index contributed by atoms with van der Waals surface area (Å²) in [6, 6.07) is 15.1. The maximum absolute atomic E-state index is 12.7. The Hall–Kier alpha value is -2.79. The molecular weight excluding hydrogens is 388 g/mol. The van der Waals surface area contributed by atoms with Gasteiger partial charge in [0.2, 0.25) is 0 Å². The van der Waals surface area contributed by atoms with Crippen molar-refractivity contribution in [2.45, 2.75) is 39.2 Å². The molecule has 6 heteroatoms. The zero-order chi connectivity index (χ0) is 21.0. The number of aromatic nitrogens is 1. The summed E-state index contributed by atoms with van der Waals surface area (Å²) in [6.45, 7) is 8.33. The van der Waals surface area contributed by atoms with Gasteiger partial charge in [-0.15, -0.1) is 0 Å². The van der Waals surface area contributed by atoms with E-state index >= 15 is 0 Å². The van der Waals surface area contributed by atoms with E-state index in [2.05, 4.69) is 31.2 Å². The second kappa shape index (κ2) is 8.70. The number of carbonyl (C=O) groups is 1. The number of nitrogens with zero attached hydrogens (tertiary/aromatic N) is 1. The van der Waals surface area contributed by atoms with Crippen LogP contribution in [0.5, 0.6) is 5.75 Å². The van der Waals surface area contributed by atoms with Crippen LogP contribution in [-0.4, -0.2) is 17.7 Å². The fraction of sp³-hybridized carbons (Fsp3) is 0.304. The van der Waals surface area contributed by atoms with Crippen LogP contribution in [0.15, 0.2) is 59.3 Å². The molecule has 0 aliphatic rings. The molecule has 2 aromatic carbocycles. The lowest BCUT2D eigenvalue weighted by Crippen LogP contribution is -2.32. The molecule has 5 nitrogen and oxygen atoms in total. The first-order valence-electron chi connectivity index (χ1n) is 9.45. The molecule has 0 fully saturated rings. The predicted octanol–water partition coefficient (Wildman–Crippen LogP) is 5.48. The molecule has 1 aromatic heterocycles. The molecule has 29 heavy (non-hydrogen) atoms. The van der Waals surface area contributed by atoms with Crippen LogP contribution in [0.3, 0.4) is 0 Å². The first-order chi connectivity index (χ1) is 13.8. The van der Waals surface area contributed by atoms with E-state index in [1.807, 2.05) is 48.5 Å². The molecule has 0 radical (unpaired) electrons.